The first kappa shape index (κ1) is 11.9. The van der Waals surface area contributed by atoms with E-state index in [2.05, 4.69) is 0 Å². The summed E-state index contributed by atoms with van der Waals surface area (Å²) in [6.07, 6.45) is 1.15. The van der Waals surface area contributed by atoms with E-state index in [1.165, 1.54) is 0 Å². The van der Waals surface area contributed by atoms with Crippen LogP contribution in [-0.2, 0) is 6.54 Å². The van der Waals surface area contributed by atoms with Gasteiger partial charge in [-0.25, -0.2) is 4.39 Å². The average Bonchev–Trinajstić information content (AvgIpc) is 2.39. The molecule has 0 amide bonds. The highest BCUT2D eigenvalue weighted by Gasteiger charge is 2.26. The predicted molar refractivity (Wildman–Crippen MR) is 68.2 cm³/mol. The first-order valence-corrected chi connectivity index (χ1v) is 6.98. The summed E-state index contributed by atoms with van der Waals surface area (Å²) in [5.74, 6) is 2.38. The average molecular weight is 239 g/mol. The Balaban J connectivity index is 2.15. The van der Waals surface area contributed by atoms with Crippen molar-refractivity contribution in [1.82, 2.24) is 0 Å². The fraction of sp³-hybridized carbons (Fsp3) is 0.538. The molecule has 0 aliphatic carbocycles. The van der Waals surface area contributed by atoms with Gasteiger partial charge in [0.05, 0.1) is 0 Å². The van der Waals surface area contributed by atoms with Gasteiger partial charge in [0, 0.05) is 6.54 Å². The maximum absolute atomic E-state index is 14.4. The quantitative estimate of drug-likeness (QED) is 0.876. The van der Waals surface area contributed by atoms with Crippen LogP contribution in [-0.4, -0.2) is 11.5 Å². The molecule has 1 fully saturated rings. The Bertz CT molecular complexity index is 336. The number of thioether (sulfide) groups is 1. The molecule has 1 aliphatic heterocycles. The van der Waals surface area contributed by atoms with Crippen molar-refractivity contribution in [2.75, 3.05) is 11.5 Å². The minimum Gasteiger partial charge on any atom is -0.326 e. The number of rotatable bonds is 3. The molecule has 0 spiro atoms. The van der Waals surface area contributed by atoms with E-state index in [1.807, 2.05) is 36.0 Å². The van der Waals surface area contributed by atoms with E-state index in [0.717, 1.165) is 35.5 Å². The van der Waals surface area contributed by atoms with Crippen molar-refractivity contribution in [3.63, 3.8) is 0 Å². The SMILES string of the molecule is NCc1ccccc1C(F)C1CCSCC1. The van der Waals surface area contributed by atoms with Crippen LogP contribution in [0.3, 0.4) is 0 Å². The van der Waals surface area contributed by atoms with Crippen molar-refractivity contribution in [2.45, 2.75) is 25.6 Å². The number of halogens is 1. The number of benzene rings is 1. The molecule has 1 nitrogen and oxygen atoms in total. The summed E-state index contributed by atoms with van der Waals surface area (Å²) in [6.45, 7) is 0.429. The maximum atomic E-state index is 14.4. The van der Waals surface area contributed by atoms with Crippen LogP contribution in [0.4, 0.5) is 4.39 Å². The minimum absolute atomic E-state index is 0.189. The largest absolute Gasteiger partial charge is 0.326 e. The Kier molecular flexibility index (Phi) is 4.24. The van der Waals surface area contributed by atoms with E-state index < -0.39 is 6.17 Å². The summed E-state index contributed by atoms with van der Waals surface area (Å²) in [5.41, 5.74) is 7.41. The molecule has 88 valence electrons. The molecule has 2 rings (SSSR count). The molecule has 2 N–H and O–H groups in total. The third kappa shape index (κ3) is 2.58. The van der Waals surface area contributed by atoms with Crippen LogP contribution < -0.4 is 5.73 Å². The standard InChI is InChI=1S/C13H18FNS/c14-13(10-5-7-16-8-6-10)12-4-2-1-3-11(12)9-15/h1-4,10,13H,5-9,15H2. The van der Waals surface area contributed by atoms with Crippen LogP contribution in [0.5, 0.6) is 0 Å². The first-order valence-electron chi connectivity index (χ1n) is 5.82. The lowest BCUT2D eigenvalue weighted by molar-refractivity contribution is 0.218. The van der Waals surface area contributed by atoms with Gasteiger partial charge in [0.25, 0.3) is 0 Å². The Hall–Kier alpha value is -0.540. The Labute approximate surface area is 101 Å². The molecule has 0 bridgehead atoms. The van der Waals surface area contributed by atoms with Gasteiger partial charge in [-0.1, -0.05) is 24.3 Å². The van der Waals surface area contributed by atoms with E-state index in [9.17, 15) is 4.39 Å². The Morgan fingerprint density at radius 2 is 2.00 bits per heavy atom. The third-order valence-corrected chi connectivity index (χ3v) is 4.30. The summed E-state index contributed by atoms with van der Waals surface area (Å²) >= 11 is 1.93. The number of hydrogen-bond acceptors (Lipinski definition) is 2. The fourth-order valence-electron chi connectivity index (χ4n) is 2.25. The highest BCUT2D eigenvalue weighted by Crippen LogP contribution is 2.37. The zero-order chi connectivity index (χ0) is 11.4. The number of alkyl halides is 1. The summed E-state index contributed by atoms with van der Waals surface area (Å²) < 4.78 is 14.4. The van der Waals surface area contributed by atoms with Gasteiger partial charge in [-0.15, -0.1) is 0 Å². The minimum atomic E-state index is -0.833. The molecule has 16 heavy (non-hydrogen) atoms. The van der Waals surface area contributed by atoms with Crippen LogP contribution in [0.1, 0.15) is 30.1 Å². The van der Waals surface area contributed by atoms with Crippen LogP contribution in [0.15, 0.2) is 24.3 Å². The molecule has 0 radical (unpaired) electrons. The lowest BCUT2D eigenvalue weighted by Gasteiger charge is -2.26. The normalized spacial score (nSPS) is 19.6. The van der Waals surface area contributed by atoms with Gasteiger partial charge in [-0.2, -0.15) is 11.8 Å². The van der Waals surface area contributed by atoms with Crippen LogP contribution in [0.25, 0.3) is 0 Å². The Morgan fingerprint density at radius 1 is 1.31 bits per heavy atom. The summed E-state index contributed by atoms with van der Waals surface area (Å²) in [5, 5.41) is 0. The molecule has 1 aromatic carbocycles. The van der Waals surface area contributed by atoms with E-state index in [0.29, 0.717) is 6.54 Å². The van der Waals surface area contributed by atoms with Crippen LogP contribution in [0, 0.1) is 5.92 Å². The van der Waals surface area contributed by atoms with Gasteiger partial charge >= 0.3 is 0 Å². The molecule has 0 saturated carbocycles. The zero-order valence-electron chi connectivity index (χ0n) is 9.36. The monoisotopic (exact) mass is 239 g/mol. The van der Waals surface area contributed by atoms with Gasteiger partial charge in [0.2, 0.25) is 0 Å². The zero-order valence-corrected chi connectivity index (χ0v) is 10.2. The van der Waals surface area contributed by atoms with Gasteiger partial charge in [-0.05, 0) is 41.4 Å². The molecule has 1 aromatic rings. The van der Waals surface area contributed by atoms with Crippen molar-refractivity contribution in [3.8, 4) is 0 Å². The molecular formula is C13H18FNS. The van der Waals surface area contributed by atoms with Crippen LogP contribution >= 0.6 is 11.8 Å². The maximum Gasteiger partial charge on any atom is 0.128 e. The predicted octanol–water partition coefficient (Wildman–Crippen LogP) is 3.30. The highest BCUT2D eigenvalue weighted by molar-refractivity contribution is 7.99. The summed E-state index contributed by atoms with van der Waals surface area (Å²) in [7, 11) is 0. The smallest absolute Gasteiger partial charge is 0.128 e. The molecule has 1 saturated heterocycles. The van der Waals surface area contributed by atoms with Crippen molar-refractivity contribution >= 4 is 11.8 Å². The molecular weight excluding hydrogens is 221 g/mol. The molecule has 1 unspecified atom stereocenters. The van der Waals surface area contributed by atoms with Crippen molar-refractivity contribution < 1.29 is 4.39 Å². The van der Waals surface area contributed by atoms with Crippen molar-refractivity contribution in [3.05, 3.63) is 35.4 Å². The molecule has 1 heterocycles. The molecule has 3 heteroatoms. The van der Waals surface area contributed by atoms with E-state index >= 15 is 0 Å². The lowest BCUT2D eigenvalue weighted by atomic mass is 9.89. The fourth-order valence-corrected chi connectivity index (χ4v) is 3.39. The molecule has 0 aromatic heterocycles. The first-order chi connectivity index (χ1) is 7.83. The summed E-state index contributed by atoms with van der Waals surface area (Å²) in [4.78, 5) is 0. The van der Waals surface area contributed by atoms with Gasteiger partial charge in [-0.3, -0.25) is 0 Å². The van der Waals surface area contributed by atoms with Crippen molar-refractivity contribution in [2.24, 2.45) is 11.7 Å². The molecule has 1 aliphatic rings. The van der Waals surface area contributed by atoms with Crippen LogP contribution in [0.2, 0.25) is 0 Å². The highest BCUT2D eigenvalue weighted by atomic mass is 32.2. The second-order valence-corrected chi connectivity index (χ2v) is 5.48. The van der Waals surface area contributed by atoms with E-state index in [-0.39, 0.29) is 5.92 Å². The number of hydrogen-bond donors (Lipinski definition) is 1. The van der Waals surface area contributed by atoms with Gasteiger partial charge in [0.1, 0.15) is 6.17 Å². The second kappa shape index (κ2) is 5.69. The van der Waals surface area contributed by atoms with Crippen molar-refractivity contribution in [1.29, 1.82) is 0 Å². The topological polar surface area (TPSA) is 26.0 Å². The summed E-state index contributed by atoms with van der Waals surface area (Å²) in [6, 6.07) is 7.64. The van der Waals surface area contributed by atoms with E-state index in [4.69, 9.17) is 5.73 Å². The second-order valence-electron chi connectivity index (χ2n) is 4.25. The van der Waals surface area contributed by atoms with Gasteiger partial charge < -0.3 is 5.73 Å². The van der Waals surface area contributed by atoms with E-state index in [1.54, 1.807) is 0 Å². The van der Waals surface area contributed by atoms with Gasteiger partial charge in [0.15, 0.2) is 0 Å². The lowest BCUT2D eigenvalue weighted by Crippen LogP contribution is -2.17. The number of nitrogens with two attached hydrogens (primary N) is 1. The third-order valence-electron chi connectivity index (χ3n) is 3.25. The Morgan fingerprint density at radius 3 is 2.69 bits per heavy atom. The molecule has 1 atom stereocenters.